The summed E-state index contributed by atoms with van der Waals surface area (Å²) < 4.78 is 37.4. The standard InChI is InChI=1S/C14H28N2O4S/c1-19-10-6-15-11-13-3-2-7-16(12-13)21(17,18)14-4-8-20-9-5-14/h13-15H,2-12H2,1H3. The molecule has 21 heavy (non-hydrogen) atoms. The van der Waals surface area contributed by atoms with Gasteiger partial charge in [-0.15, -0.1) is 0 Å². The number of rotatable bonds is 7. The van der Waals surface area contributed by atoms with Crippen LogP contribution in [0.1, 0.15) is 25.7 Å². The zero-order chi connectivity index (χ0) is 15.1. The molecule has 2 saturated heterocycles. The van der Waals surface area contributed by atoms with E-state index in [0.717, 1.165) is 25.9 Å². The molecular formula is C14H28N2O4S. The highest BCUT2D eigenvalue weighted by molar-refractivity contribution is 7.89. The molecule has 0 saturated carbocycles. The van der Waals surface area contributed by atoms with Gasteiger partial charge in [0, 0.05) is 40.0 Å². The smallest absolute Gasteiger partial charge is 0.217 e. The van der Waals surface area contributed by atoms with Crippen molar-refractivity contribution in [2.75, 3.05) is 53.1 Å². The third kappa shape index (κ3) is 4.89. The van der Waals surface area contributed by atoms with Crippen LogP contribution in [0.2, 0.25) is 0 Å². The molecule has 2 rings (SSSR count). The van der Waals surface area contributed by atoms with E-state index in [1.54, 1.807) is 11.4 Å². The van der Waals surface area contributed by atoms with Gasteiger partial charge in [-0.05, 0) is 38.1 Å². The fourth-order valence-electron chi connectivity index (χ4n) is 3.09. The van der Waals surface area contributed by atoms with Gasteiger partial charge in [0.15, 0.2) is 0 Å². The Morgan fingerprint density at radius 2 is 2.05 bits per heavy atom. The second-order valence-electron chi connectivity index (χ2n) is 5.92. The number of hydrogen-bond donors (Lipinski definition) is 1. The first-order valence-corrected chi connectivity index (χ1v) is 9.41. The van der Waals surface area contributed by atoms with Crippen LogP contribution >= 0.6 is 0 Å². The zero-order valence-electron chi connectivity index (χ0n) is 12.9. The molecule has 0 aliphatic carbocycles. The van der Waals surface area contributed by atoms with E-state index in [1.165, 1.54) is 0 Å². The van der Waals surface area contributed by atoms with Crippen LogP contribution in [-0.4, -0.2) is 71.1 Å². The Morgan fingerprint density at radius 1 is 1.29 bits per heavy atom. The van der Waals surface area contributed by atoms with Crippen molar-refractivity contribution in [3.05, 3.63) is 0 Å². The highest BCUT2D eigenvalue weighted by Gasteiger charge is 2.35. The summed E-state index contributed by atoms with van der Waals surface area (Å²) in [6.45, 7) is 4.84. The Bertz CT molecular complexity index is 396. The van der Waals surface area contributed by atoms with Gasteiger partial charge in [0.05, 0.1) is 11.9 Å². The second-order valence-corrected chi connectivity index (χ2v) is 8.13. The summed E-state index contributed by atoms with van der Waals surface area (Å²) in [4.78, 5) is 0. The van der Waals surface area contributed by atoms with E-state index in [1.807, 2.05) is 0 Å². The first kappa shape index (κ1) is 17.1. The fraction of sp³-hybridized carbons (Fsp3) is 1.00. The number of nitrogens with one attached hydrogen (secondary N) is 1. The van der Waals surface area contributed by atoms with Crippen molar-refractivity contribution in [2.45, 2.75) is 30.9 Å². The van der Waals surface area contributed by atoms with Crippen molar-refractivity contribution >= 4 is 10.0 Å². The van der Waals surface area contributed by atoms with E-state index in [9.17, 15) is 8.42 Å². The Kier molecular flexibility index (Phi) is 6.88. The average molecular weight is 320 g/mol. The monoisotopic (exact) mass is 320 g/mol. The maximum Gasteiger partial charge on any atom is 0.217 e. The summed E-state index contributed by atoms with van der Waals surface area (Å²) >= 11 is 0. The molecule has 1 N–H and O–H groups in total. The van der Waals surface area contributed by atoms with Gasteiger partial charge in [0.1, 0.15) is 0 Å². The second kappa shape index (κ2) is 8.43. The van der Waals surface area contributed by atoms with Crippen molar-refractivity contribution in [3.8, 4) is 0 Å². The molecule has 124 valence electrons. The number of methoxy groups -OCH3 is 1. The third-order valence-corrected chi connectivity index (χ3v) is 6.71. The molecule has 0 aromatic rings. The van der Waals surface area contributed by atoms with Crippen LogP contribution < -0.4 is 5.32 Å². The molecule has 0 radical (unpaired) electrons. The lowest BCUT2D eigenvalue weighted by atomic mass is 10.00. The van der Waals surface area contributed by atoms with Crippen molar-refractivity contribution in [1.29, 1.82) is 0 Å². The van der Waals surface area contributed by atoms with Crippen LogP contribution in [0.25, 0.3) is 0 Å². The zero-order valence-corrected chi connectivity index (χ0v) is 13.7. The van der Waals surface area contributed by atoms with Gasteiger partial charge in [-0.25, -0.2) is 12.7 Å². The van der Waals surface area contributed by atoms with Gasteiger partial charge in [0.25, 0.3) is 0 Å². The highest BCUT2D eigenvalue weighted by Crippen LogP contribution is 2.25. The minimum Gasteiger partial charge on any atom is -0.383 e. The summed E-state index contributed by atoms with van der Waals surface area (Å²) in [7, 11) is -1.47. The topological polar surface area (TPSA) is 67.9 Å². The lowest BCUT2D eigenvalue weighted by molar-refractivity contribution is 0.0966. The maximum absolute atomic E-state index is 12.7. The van der Waals surface area contributed by atoms with Crippen molar-refractivity contribution in [1.82, 2.24) is 9.62 Å². The Balaban J connectivity index is 1.84. The largest absolute Gasteiger partial charge is 0.383 e. The third-order valence-electron chi connectivity index (χ3n) is 4.35. The number of ether oxygens (including phenoxy) is 2. The van der Waals surface area contributed by atoms with Crippen LogP contribution in [-0.2, 0) is 19.5 Å². The molecule has 1 atom stereocenters. The minimum absolute atomic E-state index is 0.244. The molecule has 2 aliphatic heterocycles. The van der Waals surface area contributed by atoms with Gasteiger partial charge in [-0.1, -0.05) is 0 Å². The van der Waals surface area contributed by atoms with Crippen LogP contribution in [0.3, 0.4) is 0 Å². The first-order chi connectivity index (χ1) is 10.1. The predicted octanol–water partition coefficient (Wildman–Crippen LogP) is 0.443. The van der Waals surface area contributed by atoms with Gasteiger partial charge in [-0.2, -0.15) is 0 Å². The summed E-state index contributed by atoms with van der Waals surface area (Å²) in [6, 6.07) is 0. The molecule has 6 nitrogen and oxygen atoms in total. The lowest BCUT2D eigenvalue weighted by Crippen LogP contribution is -2.47. The molecule has 0 aromatic heterocycles. The number of sulfonamides is 1. The van der Waals surface area contributed by atoms with Crippen molar-refractivity contribution in [3.63, 3.8) is 0 Å². The number of piperidine rings is 1. The SMILES string of the molecule is COCCNCC1CCCN(S(=O)(=O)C2CCOCC2)C1. The van der Waals surface area contributed by atoms with E-state index in [4.69, 9.17) is 9.47 Å². The van der Waals surface area contributed by atoms with E-state index in [2.05, 4.69) is 5.32 Å². The molecule has 1 unspecified atom stereocenters. The van der Waals surface area contributed by atoms with E-state index < -0.39 is 10.0 Å². The fourth-order valence-corrected chi connectivity index (χ4v) is 5.10. The van der Waals surface area contributed by atoms with Crippen molar-refractivity contribution in [2.24, 2.45) is 5.92 Å². The van der Waals surface area contributed by atoms with Gasteiger partial charge in [0.2, 0.25) is 10.0 Å². The molecule has 2 heterocycles. The molecule has 0 spiro atoms. The summed E-state index contributed by atoms with van der Waals surface area (Å²) in [6.07, 6.45) is 3.32. The van der Waals surface area contributed by atoms with Crippen LogP contribution in [0, 0.1) is 5.92 Å². The maximum atomic E-state index is 12.7. The van der Waals surface area contributed by atoms with Crippen LogP contribution in [0.5, 0.6) is 0 Å². The Hall–Kier alpha value is -0.210. The summed E-state index contributed by atoms with van der Waals surface area (Å²) in [5, 5.41) is 3.10. The predicted molar refractivity (Wildman–Crippen MR) is 81.8 cm³/mol. The van der Waals surface area contributed by atoms with Gasteiger partial charge < -0.3 is 14.8 Å². The molecule has 2 fully saturated rings. The molecule has 2 aliphatic rings. The molecule has 0 aromatic carbocycles. The quantitative estimate of drug-likeness (QED) is 0.690. The van der Waals surface area contributed by atoms with Gasteiger partial charge in [-0.3, -0.25) is 0 Å². The van der Waals surface area contributed by atoms with Gasteiger partial charge >= 0.3 is 0 Å². The van der Waals surface area contributed by atoms with Crippen LogP contribution in [0.15, 0.2) is 0 Å². The Labute approximate surface area is 128 Å². The number of nitrogens with zero attached hydrogens (tertiary/aromatic N) is 1. The molecular weight excluding hydrogens is 292 g/mol. The van der Waals surface area contributed by atoms with E-state index >= 15 is 0 Å². The van der Waals surface area contributed by atoms with Crippen LogP contribution in [0.4, 0.5) is 0 Å². The summed E-state index contributed by atoms with van der Waals surface area (Å²) in [5.41, 5.74) is 0. The first-order valence-electron chi connectivity index (χ1n) is 7.91. The highest BCUT2D eigenvalue weighted by atomic mass is 32.2. The van der Waals surface area contributed by atoms with Crippen molar-refractivity contribution < 1.29 is 17.9 Å². The average Bonchev–Trinajstić information content (AvgIpc) is 2.53. The molecule has 7 heteroatoms. The van der Waals surface area contributed by atoms with E-state index in [-0.39, 0.29) is 5.25 Å². The number of hydrogen-bond acceptors (Lipinski definition) is 5. The molecule has 0 amide bonds. The lowest BCUT2D eigenvalue weighted by Gasteiger charge is -2.35. The normalized spacial score (nSPS) is 26.0. The van der Waals surface area contributed by atoms with E-state index in [0.29, 0.717) is 51.7 Å². The Morgan fingerprint density at radius 3 is 2.76 bits per heavy atom. The minimum atomic E-state index is -3.15. The summed E-state index contributed by atoms with van der Waals surface area (Å²) in [5.74, 6) is 0.408. The molecule has 0 bridgehead atoms.